The molecule has 5 rings (SSSR count). The quantitative estimate of drug-likeness (QED) is 0.322. The van der Waals surface area contributed by atoms with Crippen molar-refractivity contribution in [2.45, 2.75) is 76.7 Å². The van der Waals surface area contributed by atoms with E-state index in [0.29, 0.717) is 25.3 Å². The number of carbonyl (C=O) groups excluding carboxylic acids is 1. The Bertz CT molecular complexity index is 1350. The van der Waals surface area contributed by atoms with Gasteiger partial charge in [-0.2, -0.15) is 0 Å². The zero-order valence-electron chi connectivity index (χ0n) is 24.7. The number of hydrogen-bond acceptors (Lipinski definition) is 6. The van der Waals surface area contributed by atoms with Crippen molar-refractivity contribution in [3.63, 3.8) is 0 Å². The first-order valence-electron chi connectivity index (χ1n) is 14.3. The minimum absolute atomic E-state index is 0.0466. The molecule has 40 heavy (non-hydrogen) atoms. The first-order chi connectivity index (χ1) is 19.0. The van der Waals surface area contributed by atoms with Crippen molar-refractivity contribution in [2.75, 3.05) is 20.2 Å². The van der Waals surface area contributed by atoms with Gasteiger partial charge in [0.1, 0.15) is 12.4 Å². The molecule has 0 spiro atoms. The Labute approximate surface area is 241 Å². The van der Waals surface area contributed by atoms with E-state index in [0.717, 1.165) is 35.5 Å². The van der Waals surface area contributed by atoms with Crippen LogP contribution in [0.25, 0.3) is 0 Å². The lowest BCUT2D eigenvalue weighted by Gasteiger charge is -2.43. The molecule has 3 heterocycles. The minimum atomic E-state index is -0.727. The summed E-state index contributed by atoms with van der Waals surface area (Å²) < 4.78 is 18.3. The number of nitrogens with zero attached hydrogens (tertiary/aromatic N) is 2. The van der Waals surface area contributed by atoms with Crippen LogP contribution in [0.15, 0.2) is 60.8 Å². The molecule has 1 aromatic heterocycles. The average molecular weight is 559 g/mol. The van der Waals surface area contributed by atoms with E-state index in [-0.39, 0.29) is 22.8 Å². The van der Waals surface area contributed by atoms with Crippen LogP contribution >= 0.6 is 0 Å². The van der Waals surface area contributed by atoms with Crippen LogP contribution in [0.2, 0.25) is 5.04 Å². The lowest BCUT2D eigenvalue weighted by molar-refractivity contribution is -0.125. The first-order valence-corrected chi connectivity index (χ1v) is 15.6. The predicted molar refractivity (Wildman–Crippen MR) is 161 cm³/mol. The maximum atomic E-state index is 13.6. The van der Waals surface area contributed by atoms with Gasteiger partial charge in [0.05, 0.1) is 24.3 Å². The van der Waals surface area contributed by atoms with E-state index in [4.69, 9.17) is 13.9 Å². The third-order valence-electron chi connectivity index (χ3n) is 8.03. The Morgan fingerprint density at radius 3 is 2.52 bits per heavy atom. The van der Waals surface area contributed by atoms with Crippen LogP contribution in [0, 0.1) is 0 Å². The highest BCUT2D eigenvalue weighted by atomic mass is 28.2. The van der Waals surface area contributed by atoms with Crippen LogP contribution in [0.4, 0.5) is 0 Å². The minimum Gasteiger partial charge on any atom is -0.493 e. The Morgan fingerprint density at radius 1 is 1.02 bits per heavy atom. The van der Waals surface area contributed by atoms with Gasteiger partial charge in [-0.25, -0.2) is 0 Å². The number of hydrogen-bond donors (Lipinski definition) is 0. The van der Waals surface area contributed by atoms with Gasteiger partial charge in [-0.1, -0.05) is 51.1 Å². The van der Waals surface area contributed by atoms with Crippen LogP contribution in [0.3, 0.4) is 0 Å². The van der Waals surface area contributed by atoms with Gasteiger partial charge in [-0.05, 0) is 71.8 Å². The monoisotopic (exact) mass is 558 g/mol. The number of aromatic nitrogens is 1. The second-order valence-electron chi connectivity index (χ2n) is 12.8. The molecule has 2 atom stereocenters. The Balaban J connectivity index is 1.33. The third-order valence-corrected chi connectivity index (χ3v) is 9.76. The summed E-state index contributed by atoms with van der Waals surface area (Å²) in [6.45, 7) is 13.0. The molecule has 0 N–H and O–H groups in total. The number of methoxy groups -OCH3 is 1. The molecular formula is C33H42N2O4Si. The van der Waals surface area contributed by atoms with E-state index in [1.54, 1.807) is 7.11 Å². The number of piperidine rings is 1. The summed E-state index contributed by atoms with van der Waals surface area (Å²) in [7, 11) is 0.947. The van der Waals surface area contributed by atoms with E-state index >= 15 is 0 Å². The molecule has 212 valence electrons. The highest BCUT2D eigenvalue weighted by Gasteiger charge is 2.40. The van der Waals surface area contributed by atoms with Crippen LogP contribution in [-0.4, -0.2) is 45.6 Å². The number of benzene rings is 2. The average Bonchev–Trinajstić information content (AvgIpc) is 2.94. The fourth-order valence-electron chi connectivity index (χ4n) is 5.65. The molecule has 7 heteroatoms. The van der Waals surface area contributed by atoms with Crippen LogP contribution < -0.4 is 9.47 Å². The number of rotatable bonds is 8. The maximum Gasteiger partial charge on any atom is 0.168 e. The topological polar surface area (TPSA) is 60.9 Å². The van der Waals surface area contributed by atoms with Gasteiger partial charge in [0.25, 0.3) is 0 Å². The van der Waals surface area contributed by atoms with Crippen molar-refractivity contribution < 1.29 is 18.7 Å². The SMILES string of the molecule is COc1cc2c(cc1OCc1ccccc1)CCN1C[C@@H](c3cc(C(C)(C)O[SiH2]C(C)(C)C)ccn3)C(=O)C[C@H]21. The fourth-order valence-corrected chi connectivity index (χ4v) is 6.61. The molecule has 2 aromatic carbocycles. The molecule has 2 aliphatic rings. The zero-order chi connectivity index (χ0) is 28.5. The first kappa shape index (κ1) is 28.5. The molecule has 1 fully saturated rings. The van der Waals surface area contributed by atoms with E-state index in [2.05, 4.69) is 74.8 Å². The van der Waals surface area contributed by atoms with E-state index < -0.39 is 15.4 Å². The number of pyridine rings is 1. The third kappa shape index (κ3) is 6.32. The summed E-state index contributed by atoms with van der Waals surface area (Å²) in [6.07, 6.45) is 3.21. The number of ether oxygens (including phenoxy) is 2. The molecule has 0 saturated carbocycles. The van der Waals surface area contributed by atoms with Gasteiger partial charge in [-0.15, -0.1) is 0 Å². The van der Waals surface area contributed by atoms with E-state index in [1.165, 1.54) is 11.1 Å². The van der Waals surface area contributed by atoms with Crippen molar-refractivity contribution in [2.24, 2.45) is 0 Å². The van der Waals surface area contributed by atoms with E-state index in [9.17, 15) is 4.79 Å². The number of carbonyl (C=O) groups is 1. The summed E-state index contributed by atoms with van der Waals surface area (Å²) in [6, 6.07) is 18.5. The summed E-state index contributed by atoms with van der Waals surface area (Å²) in [5.74, 6) is 1.47. The van der Waals surface area contributed by atoms with Crippen molar-refractivity contribution in [1.82, 2.24) is 9.88 Å². The smallest absolute Gasteiger partial charge is 0.168 e. The lowest BCUT2D eigenvalue weighted by atomic mass is 9.81. The molecule has 0 amide bonds. The Morgan fingerprint density at radius 2 is 1.80 bits per heavy atom. The van der Waals surface area contributed by atoms with Gasteiger partial charge in [0.15, 0.2) is 21.3 Å². The zero-order valence-corrected chi connectivity index (χ0v) is 26.1. The molecule has 6 nitrogen and oxygen atoms in total. The Kier molecular flexibility index (Phi) is 8.18. The fraction of sp³-hybridized carbons (Fsp3) is 0.455. The summed E-state index contributed by atoms with van der Waals surface area (Å²) in [5.41, 5.74) is 5.05. The number of Topliss-reactive ketones (excluding diaryl/α,β-unsaturated/α-hetero) is 1. The summed E-state index contributed by atoms with van der Waals surface area (Å²) in [5, 5.41) is 0.212. The van der Waals surface area contributed by atoms with Crippen molar-refractivity contribution in [3.8, 4) is 11.5 Å². The molecule has 0 unspecified atom stereocenters. The maximum absolute atomic E-state index is 13.6. The largest absolute Gasteiger partial charge is 0.493 e. The van der Waals surface area contributed by atoms with Crippen molar-refractivity contribution in [3.05, 3.63) is 88.7 Å². The van der Waals surface area contributed by atoms with Crippen LogP contribution in [0.5, 0.6) is 11.5 Å². The molecule has 0 bridgehead atoms. The summed E-state index contributed by atoms with van der Waals surface area (Å²) >= 11 is 0. The van der Waals surface area contributed by atoms with Crippen LogP contribution in [-0.2, 0) is 27.8 Å². The van der Waals surface area contributed by atoms with Gasteiger partial charge < -0.3 is 13.9 Å². The number of ketones is 1. The molecule has 3 aromatic rings. The molecule has 2 aliphatic heterocycles. The Hall–Kier alpha value is -3.00. The second kappa shape index (κ2) is 11.5. The van der Waals surface area contributed by atoms with Gasteiger partial charge >= 0.3 is 0 Å². The predicted octanol–water partition coefficient (Wildman–Crippen LogP) is 5.88. The van der Waals surface area contributed by atoms with Gasteiger partial charge in [0.2, 0.25) is 0 Å². The normalized spacial score (nSPS) is 19.9. The van der Waals surface area contributed by atoms with Gasteiger partial charge in [-0.3, -0.25) is 14.7 Å². The van der Waals surface area contributed by atoms with Crippen molar-refractivity contribution >= 4 is 15.5 Å². The van der Waals surface area contributed by atoms with E-state index in [1.807, 2.05) is 30.5 Å². The number of fused-ring (bicyclic) bond motifs is 3. The molecular weight excluding hydrogens is 516 g/mol. The molecule has 1 saturated heterocycles. The standard InChI is InChI=1S/C33H42N2O4Si/c1-32(2,3)40-39-33(4,5)24-12-14-34-27(17-24)26-20-35-15-13-23-16-31(38-21-22-10-8-7-9-11-22)30(37-6)18-25(23)28(35)19-29(26)36/h7-12,14,16-18,26,28H,13,15,19-21,40H2,1-6H3/t26-,28+/m0/s1. The molecule has 0 radical (unpaired) electrons. The highest BCUT2D eigenvalue weighted by molar-refractivity contribution is 6.31. The van der Waals surface area contributed by atoms with Crippen LogP contribution in [0.1, 0.15) is 80.9 Å². The summed E-state index contributed by atoms with van der Waals surface area (Å²) in [4.78, 5) is 20.7. The van der Waals surface area contributed by atoms with Crippen molar-refractivity contribution in [1.29, 1.82) is 0 Å². The second-order valence-corrected chi connectivity index (χ2v) is 15.5. The highest BCUT2D eigenvalue weighted by Crippen LogP contribution is 2.43. The molecule has 0 aliphatic carbocycles. The lowest BCUT2D eigenvalue weighted by Crippen LogP contribution is -2.45. The van der Waals surface area contributed by atoms with Gasteiger partial charge in [0, 0.05) is 31.7 Å².